The summed E-state index contributed by atoms with van der Waals surface area (Å²) in [7, 11) is 0. The molecule has 0 aromatic heterocycles. The monoisotopic (exact) mass is 296 g/mol. The molecule has 7 heteroatoms. The number of carboxylic acids is 1. The molecule has 21 heavy (non-hydrogen) atoms. The highest BCUT2D eigenvalue weighted by molar-refractivity contribution is 5.78. The van der Waals surface area contributed by atoms with Crippen molar-refractivity contribution in [2.45, 2.75) is 38.6 Å². The molecule has 0 aliphatic heterocycles. The Morgan fingerprint density at radius 2 is 2.19 bits per heavy atom. The Labute approximate surface area is 122 Å². The van der Waals surface area contributed by atoms with Crippen LogP contribution in [0.15, 0.2) is 18.2 Å². The highest BCUT2D eigenvalue weighted by Crippen LogP contribution is 2.27. The van der Waals surface area contributed by atoms with Gasteiger partial charge in [-0.3, -0.25) is 14.9 Å². The van der Waals surface area contributed by atoms with Crippen molar-refractivity contribution < 1.29 is 19.6 Å². The SMILES string of the molecule is CCC(N)(CCCOc1cccc([N+](=O)[O-])c1C)C(=O)O. The number of hydrogen-bond donors (Lipinski definition) is 2. The maximum absolute atomic E-state index is 11.0. The number of nitrogens with zero attached hydrogens (tertiary/aromatic N) is 1. The highest BCUT2D eigenvalue weighted by atomic mass is 16.6. The van der Waals surface area contributed by atoms with E-state index in [2.05, 4.69) is 0 Å². The zero-order chi connectivity index (χ0) is 16.0. The normalized spacial score (nSPS) is 13.5. The minimum atomic E-state index is -1.25. The summed E-state index contributed by atoms with van der Waals surface area (Å²) in [5, 5.41) is 19.9. The van der Waals surface area contributed by atoms with Crippen molar-refractivity contribution in [1.29, 1.82) is 0 Å². The third-order valence-electron chi connectivity index (χ3n) is 3.53. The maximum Gasteiger partial charge on any atom is 0.323 e. The summed E-state index contributed by atoms with van der Waals surface area (Å²) in [6.45, 7) is 3.60. The van der Waals surface area contributed by atoms with Crippen LogP contribution in [0, 0.1) is 17.0 Å². The summed E-state index contributed by atoms with van der Waals surface area (Å²) in [4.78, 5) is 21.4. The second kappa shape index (κ2) is 7.03. The van der Waals surface area contributed by atoms with Crippen LogP contribution < -0.4 is 10.5 Å². The molecule has 7 nitrogen and oxygen atoms in total. The van der Waals surface area contributed by atoms with E-state index in [1.807, 2.05) is 0 Å². The van der Waals surface area contributed by atoms with Crippen LogP contribution >= 0.6 is 0 Å². The molecular weight excluding hydrogens is 276 g/mol. The van der Waals surface area contributed by atoms with Gasteiger partial charge in [0.15, 0.2) is 0 Å². The minimum Gasteiger partial charge on any atom is -0.493 e. The van der Waals surface area contributed by atoms with E-state index in [-0.39, 0.29) is 18.7 Å². The topological polar surface area (TPSA) is 116 Å². The predicted molar refractivity (Wildman–Crippen MR) is 77.4 cm³/mol. The number of benzene rings is 1. The van der Waals surface area contributed by atoms with Gasteiger partial charge in [-0.15, -0.1) is 0 Å². The molecular formula is C14H20N2O5. The van der Waals surface area contributed by atoms with Crippen molar-refractivity contribution >= 4 is 11.7 Å². The molecule has 1 atom stereocenters. The van der Waals surface area contributed by atoms with Crippen LogP contribution in [0.2, 0.25) is 0 Å². The van der Waals surface area contributed by atoms with Gasteiger partial charge >= 0.3 is 5.97 Å². The number of aliphatic carboxylic acids is 1. The highest BCUT2D eigenvalue weighted by Gasteiger charge is 2.31. The van der Waals surface area contributed by atoms with E-state index < -0.39 is 16.4 Å². The van der Waals surface area contributed by atoms with E-state index in [0.29, 0.717) is 24.2 Å². The van der Waals surface area contributed by atoms with Gasteiger partial charge in [0.05, 0.1) is 17.1 Å². The molecule has 0 saturated heterocycles. The van der Waals surface area contributed by atoms with Crippen LogP contribution in [0.1, 0.15) is 31.7 Å². The summed E-state index contributed by atoms with van der Waals surface area (Å²) in [6.07, 6.45) is 1.07. The Hall–Kier alpha value is -2.15. The molecule has 0 fully saturated rings. The lowest BCUT2D eigenvalue weighted by Crippen LogP contribution is -2.47. The molecule has 0 spiro atoms. The molecule has 0 aliphatic rings. The van der Waals surface area contributed by atoms with Crippen molar-refractivity contribution in [3.05, 3.63) is 33.9 Å². The number of nitro benzene ring substituents is 1. The summed E-state index contributed by atoms with van der Waals surface area (Å²) < 4.78 is 5.49. The van der Waals surface area contributed by atoms with E-state index in [9.17, 15) is 14.9 Å². The zero-order valence-electron chi connectivity index (χ0n) is 12.2. The molecule has 0 heterocycles. The third-order valence-corrected chi connectivity index (χ3v) is 3.53. The van der Waals surface area contributed by atoms with Gasteiger partial charge in [-0.05, 0) is 32.3 Å². The van der Waals surface area contributed by atoms with E-state index in [0.717, 1.165) is 0 Å². The van der Waals surface area contributed by atoms with Crippen molar-refractivity contribution in [3.8, 4) is 5.75 Å². The molecule has 0 bridgehead atoms. The largest absolute Gasteiger partial charge is 0.493 e. The van der Waals surface area contributed by atoms with Gasteiger partial charge in [0.1, 0.15) is 11.3 Å². The van der Waals surface area contributed by atoms with Gasteiger partial charge in [-0.2, -0.15) is 0 Å². The predicted octanol–water partition coefficient (Wildman–Crippen LogP) is 2.25. The molecule has 1 aromatic rings. The molecule has 1 unspecified atom stereocenters. The molecule has 3 N–H and O–H groups in total. The summed E-state index contributed by atoms with van der Waals surface area (Å²) in [6, 6.07) is 4.61. The molecule has 0 aliphatic carbocycles. The number of nitrogens with two attached hydrogens (primary N) is 1. The molecule has 0 saturated carbocycles. The summed E-state index contributed by atoms with van der Waals surface area (Å²) in [5.74, 6) is -0.602. The van der Waals surface area contributed by atoms with Gasteiger partial charge < -0.3 is 15.6 Å². The first-order valence-corrected chi connectivity index (χ1v) is 6.71. The van der Waals surface area contributed by atoms with E-state index in [4.69, 9.17) is 15.6 Å². The van der Waals surface area contributed by atoms with Gasteiger partial charge in [0, 0.05) is 6.07 Å². The lowest BCUT2D eigenvalue weighted by molar-refractivity contribution is -0.385. The zero-order valence-corrected chi connectivity index (χ0v) is 12.2. The third kappa shape index (κ3) is 4.16. The Morgan fingerprint density at radius 3 is 2.71 bits per heavy atom. The van der Waals surface area contributed by atoms with Crippen LogP contribution in [0.25, 0.3) is 0 Å². The minimum absolute atomic E-state index is 0.000217. The fraction of sp³-hybridized carbons (Fsp3) is 0.500. The fourth-order valence-corrected chi connectivity index (χ4v) is 1.96. The molecule has 1 aromatic carbocycles. The average Bonchev–Trinajstić information content (AvgIpc) is 2.44. The molecule has 1 rings (SSSR count). The van der Waals surface area contributed by atoms with Crippen molar-refractivity contribution in [2.24, 2.45) is 5.73 Å². The van der Waals surface area contributed by atoms with Crippen molar-refractivity contribution in [3.63, 3.8) is 0 Å². The van der Waals surface area contributed by atoms with Crippen LogP contribution in [-0.2, 0) is 4.79 Å². The van der Waals surface area contributed by atoms with Crippen molar-refractivity contribution in [2.75, 3.05) is 6.61 Å². The molecule has 0 radical (unpaired) electrons. The van der Waals surface area contributed by atoms with Crippen LogP contribution in [-0.4, -0.2) is 28.1 Å². The molecule has 0 amide bonds. The van der Waals surface area contributed by atoms with E-state index in [1.54, 1.807) is 26.0 Å². The number of nitro groups is 1. The lowest BCUT2D eigenvalue weighted by Gasteiger charge is -2.22. The van der Waals surface area contributed by atoms with Crippen LogP contribution in [0.5, 0.6) is 5.75 Å². The smallest absolute Gasteiger partial charge is 0.323 e. The van der Waals surface area contributed by atoms with E-state index in [1.165, 1.54) is 6.07 Å². The number of rotatable bonds is 8. The maximum atomic E-state index is 11.0. The Morgan fingerprint density at radius 1 is 1.52 bits per heavy atom. The lowest BCUT2D eigenvalue weighted by atomic mass is 9.92. The fourth-order valence-electron chi connectivity index (χ4n) is 1.96. The Balaban J connectivity index is 2.60. The number of ether oxygens (including phenoxy) is 1. The van der Waals surface area contributed by atoms with E-state index >= 15 is 0 Å². The van der Waals surface area contributed by atoms with Gasteiger partial charge in [0.25, 0.3) is 5.69 Å². The number of carboxylic acid groups (broad SMARTS) is 1. The van der Waals surface area contributed by atoms with Crippen LogP contribution in [0.4, 0.5) is 5.69 Å². The standard InChI is InChI=1S/C14H20N2O5/c1-3-14(15,13(17)18)8-5-9-21-12-7-4-6-11(10(12)2)16(19)20/h4,6-7H,3,5,8-9,15H2,1-2H3,(H,17,18). The number of carbonyl (C=O) groups is 1. The average molecular weight is 296 g/mol. The van der Waals surface area contributed by atoms with Crippen molar-refractivity contribution in [1.82, 2.24) is 0 Å². The van der Waals surface area contributed by atoms with Crippen LogP contribution in [0.3, 0.4) is 0 Å². The summed E-state index contributed by atoms with van der Waals surface area (Å²) >= 11 is 0. The quantitative estimate of drug-likeness (QED) is 0.432. The Bertz CT molecular complexity index is 532. The first kappa shape index (κ1) is 16.9. The van der Waals surface area contributed by atoms with Gasteiger partial charge in [0.2, 0.25) is 0 Å². The van der Waals surface area contributed by atoms with Gasteiger partial charge in [-0.1, -0.05) is 13.0 Å². The second-order valence-corrected chi connectivity index (χ2v) is 4.92. The Kier molecular flexibility index (Phi) is 5.66. The van der Waals surface area contributed by atoms with Gasteiger partial charge in [-0.25, -0.2) is 0 Å². The number of hydrogen-bond acceptors (Lipinski definition) is 5. The first-order chi connectivity index (χ1) is 9.81. The first-order valence-electron chi connectivity index (χ1n) is 6.71. The summed E-state index contributed by atoms with van der Waals surface area (Å²) in [5.41, 5.74) is 4.97. The molecule has 116 valence electrons. The second-order valence-electron chi connectivity index (χ2n) is 4.92.